The van der Waals surface area contributed by atoms with E-state index in [1.54, 1.807) is 12.1 Å². The average Bonchev–Trinajstić information content (AvgIpc) is 2.72. The monoisotopic (exact) mass is 408 g/mol. The van der Waals surface area contributed by atoms with Crippen LogP contribution in [-0.2, 0) is 9.59 Å². The van der Waals surface area contributed by atoms with Crippen molar-refractivity contribution in [3.63, 3.8) is 0 Å². The van der Waals surface area contributed by atoms with Gasteiger partial charge in [-0.1, -0.05) is 36.4 Å². The molecular weight excluding hydrogens is 388 g/mol. The molecule has 1 unspecified atom stereocenters. The number of carbonyl (C=O) groups excluding carboxylic acids is 2. The second-order valence-electron chi connectivity index (χ2n) is 6.45. The van der Waals surface area contributed by atoms with Gasteiger partial charge in [-0.05, 0) is 36.3 Å². The first kappa shape index (κ1) is 20.7. The van der Waals surface area contributed by atoms with E-state index in [4.69, 9.17) is 9.47 Å². The van der Waals surface area contributed by atoms with Crippen LogP contribution in [-0.4, -0.2) is 30.2 Å². The maximum Gasteiger partial charge on any atom is 0.336 e. The number of ether oxygens (including phenoxy) is 2. The summed E-state index contributed by atoms with van der Waals surface area (Å²) in [7, 11) is 1.40. The van der Waals surface area contributed by atoms with E-state index in [9.17, 15) is 19.5 Å². The molecule has 2 aromatic rings. The number of carboxylic acids is 1. The lowest BCUT2D eigenvalue weighted by Gasteiger charge is -2.27. The Labute approximate surface area is 172 Å². The Bertz CT molecular complexity index is 1040. The summed E-state index contributed by atoms with van der Waals surface area (Å²) in [5, 5.41) is 14.5. The normalized spacial score (nSPS) is 16.1. The van der Waals surface area contributed by atoms with Gasteiger partial charge in [0.05, 0.1) is 18.7 Å². The molecule has 1 atom stereocenters. The molecule has 1 heterocycles. The first-order valence-electron chi connectivity index (χ1n) is 9.03. The molecule has 3 rings (SSSR count). The number of allylic oxidation sites excluding steroid dienone is 1. The SMILES string of the molecule is COc1cc(C2NC(=O)NC(C)=C2C(=O)O)ccc1OC(=O)C=Cc1ccccc1. The van der Waals surface area contributed by atoms with E-state index in [0.29, 0.717) is 5.56 Å². The lowest BCUT2D eigenvalue weighted by molar-refractivity contribution is -0.133. The number of carbonyl (C=O) groups is 3. The van der Waals surface area contributed by atoms with Gasteiger partial charge in [0.2, 0.25) is 0 Å². The van der Waals surface area contributed by atoms with Gasteiger partial charge in [0, 0.05) is 11.8 Å². The number of amides is 2. The highest BCUT2D eigenvalue weighted by atomic mass is 16.6. The van der Waals surface area contributed by atoms with Crippen molar-refractivity contribution in [2.45, 2.75) is 13.0 Å². The fraction of sp³-hybridized carbons (Fsp3) is 0.136. The number of rotatable bonds is 6. The highest BCUT2D eigenvalue weighted by Crippen LogP contribution is 2.34. The number of aliphatic carboxylic acids is 1. The second kappa shape index (κ2) is 8.95. The van der Waals surface area contributed by atoms with E-state index in [1.165, 1.54) is 32.2 Å². The molecule has 1 aliphatic rings. The minimum absolute atomic E-state index is 0.00666. The molecular formula is C22H20N2O6. The van der Waals surface area contributed by atoms with Crippen LogP contribution in [0.3, 0.4) is 0 Å². The number of benzene rings is 2. The second-order valence-corrected chi connectivity index (χ2v) is 6.45. The van der Waals surface area contributed by atoms with Crippen LogP contribution in [0.1, 0.15) is 24.1 Å². The van der Waals surface area contributed by atoms with Gasteiger partial charge in [0.25, 0.3) is 0 Å². The van der Waals surface area contributed by atoms with Crippen molar-refractivity contribution in [1.29, 1.82) is 0 Å². The van der Waals surface area contributed by atoms with Crippen LogP contribution in [0.5, 0.6) is 11.5 Å². The van der Waals surface area contributed by atoms with Crippen LogP contribution in [0.4, 0.5) is 4.79 Å². The maximum atomic E-state index is 12.2. The topological polar surface area (TPSA) is 114 Å². The lowest BCUT2D eigenvalue weighted by Crippen LogP contribution is -2.45. The summed E-state index contributed by atoms with van der Waals surface area (Å²) < 4.78 is 10.6. The Balaban J connectivity index is 1.83. The third-order valence-corrected chi connectivity index (χ3v) is 4.44. The van der Waals surface area contributed by atoms with Crippen molar-refractivity contribution in [1.82, 2.24) is 10.6 Å². The van der Waals surface area contributed by atoms with Gasteiger partial charge in [-0.2, -0.15) is 0 Å². The van der Waals surface area contributed by atoms with Crippen molar-refractivity contribution in [3.8, 4) is 11.5 Å². The molecule has 0 saturated carbocycles. The lowest BCUT2D eigenvalue weighted by atomic mass is 9.95. The number of esters is 1. The van der Waals surface area contributed by atoms with Crippen LogP contribution in [0.15, 0.2) is 65.9 Å². The van der Waals surface area contributed by atoms with Crippen LogP contribution >= 0.6 is 0 Å². The number of urea groups is 1. The summed E-state index contributed by atoms with van der Waals surface area (Å²) in [5.74, 6) is -1.36. The van der Waals surface area contributed by atoms with Crippen molar-refractivity contribution < 1.29 is 29.0 Å². The zero-order chi connectivity index (χ0) is 21.7. The Morgan fingerprint density at radius 1 is 1.10 bits per heavy atom. The van der Waals surface area contributed by atoms with Gasteiger partial charge in [-0.3, -0.25) is 0 Å². The zero-order valence-corrected chi connectivity index (χ0v) is 16.3. The highest BCUT2D eigenvalue weighted by Gasteiger charge is 2.31. The van der Waals surface area contributed by atoms with Crippen molar-refractivity contribution in [2.75, 3.05) is 7.11 Å². The summed E-state index contributed by atoms with van der Waals surface area (Å²) in [6.07, 6.45) is 2.92. The molecule has 0 aliphatic carbocycles. The standard InChI is InChI=1S/C22H20N2O6/c1-13-19(21(26)27)20(24-22(28)23-13)15-9-10-16(17(12-15)29-2)30-18(25)11-8-14-6-4-3-5-7-14/h3-12,20H,1-2H3,(H,26,27)(H2,23,24,28). The molecule has 8 nitrogen and oxygen atoms in total. The average molecular weight is 408 g/mol. The molecule has 2 aromatic carbocycles. The fourth-order valence-corrected chi connectivity index (χ4v) is 3.05. The predicted octanol–water partition coefficient (Wildman–Crippen LogP) is 3.03. The number of methoxy groups -OCH3 is 1. The molecule has 0 radical (unpaired) electrons. The molecule has 0 spiro atoms. The quantitative estimate of drug-likeness (QED) is 0.385. The number of hydrogen-bond donors (Lipinski definition) is 3. The summed E-state index contributed by atoms with van der Waals surface area (Å²) >= 11 is 0. The highest BCUT2D eigenvalue weighted by molar-refractivity contribution is 5.94. The van der Waals surface area contributed by atoms with Crippen LogP contribution < -0.4 is 20.1 Å². The van der Waals surface area contributed by atoms with E-state index < -0.39 is 24.0 Å². The number of hydrogen-bond acceptors (Lipinski definition) is 5. The van der Waals surface area contributed by atoms with E-state index in [-0.39, 0.29) is 22.8 Å². The molecule has 2 amide bonds. The fourth-order valence-electron chi connectivity index (χ4n) is 3.05. The van der Waals surface area contributed by atoms with Gasteiger partial charge in [-0.15, -0.1) is 0 Å². The zero-order valence-electron chi connectivity index (χ0n) is 16.3. The molecule has 0 fully saturated rings. The Hall–Kier alpha value is -4.07. The summed E-state index contributed by atoms with van der Waals surface area (Å²) in [5.41, 5.74) is 1.57. The molecule has 0 bridgehead atoms. The molecule has 154 valence electrons. The first-order chi connectivity index (χ1) is 14.4. The Morgan fingerprint density at radius 2 is 1.83 bits per heavy atom. The molecule has 3 N–H and O–H groups in total. The molecule has 8 heteroatoms. The van der Waals surface area contributed by atoms with Crippen molar-refractivity contribution >= 4 is 24.0 Å². The summed E-state index contributed by atoms with van der Waals surface area (Å²) in [6, 6.07) is 12.5. The summed E-state index contributed by atoms with van der Waals surface area (Å²) in [4.78, 5) is 35.6. The van der Waals surface area contributed by atoms with E-state index in [1.807, 2.05) is 30.3 Å². The van der Waals surface area contributed by atoms with E-state index >= 15 is 0 Å². The molecule has 30 heavy (non-hydrogen) atoms. The minimum atomic E-state index is -1.16. The number of nitrogens with one attached hydrogen (secondary N) is 2. The van der Waals surface area contributed by atoms with Crippen LogP contribution in [0.2, 0.25) is 0 Å². The van der Waals surface area contributed by atoms with Gasteiger partial charge in [-0.25, -0.2) is 14.4 Å². The summed E-state index contributed by atoms with van der Waals surface area (Å²) in [6.45, 7) is 1.52. The first-order valence-corrected chi connectivity index (χ1v) is 9.03. The smallest absolute Gasteiger partial charge is 0.336 e. The minimum Gasteiger partial charge on any atom is -0.493 e. The third kappa shape index (κ3) is 4.67. The van der Waals surface area contributed by atoms with Crippen molar-refractivity contribution in [3.05, 3.63) is 77.0 Å². The van der Waals surface area contributed by atoms with E-state index in [2.05, 4.69) is 10.6 Å². The van der Waals surface area contributed by atoms with Crippen LogP contribution in [0, 0.1) is 0 Å². The van der Waals surface area contributed by atoms with Gasteiger partial charge in [0.15, 0.2) is 11.5 Å². The van der Waals surface area contributed by atoms with Gasteiger partial charge >= 0.3 is 18.0 Å². The van der Waals surface area contributed by atoms with Crippen molar-refractivity contribution in [2.24, 2.45) is 0 Å². The Morgan fingerprint density at radius 3 is 2.50 bits per heavy atom. The molecule has 0 saturated heterocycles. The van der Waals surface area contributed by atoms with Crippen LogP contribution in [0.25, 0.3) is 6.08 Å². The van der Waals surface area contributed by atoms with E-state index in [0.717, 1.165) is 5.56 Å². The number of carboxylic acid groups (broad SMARTS) is 1. The Kier molecular flexibility index (Phi) is 6.17. The predicted molar refractivity (Wildman–Crippen MR) is 109 cm³/mol. The maximum absolute atomic E-state index is 12.2. The van der Waals surface area contributed by atoms with Gasteiger partial charge < -0.3 is 25.2 Å². The van der Waals surface area contributed by atoms with Gasteiger partial charge in [0.1, 0.15) is 0 Å². The third-order valence-electron chi connectivity index (χ3n) is 4.44. The largest absolute Gasteiger partial charge is 0.493 e. The molecule has 1 aliphatic heterocycles. The molecule has 0 aromatic heterocycles.